The molecule has 0 bridgehead atoms. The largest absolute Gasteiger partial charge is 0.496 e. The summed E-state index contributed by atoms with van der Waals surface area (Å²) in [4.78, 5) is 14.9. The van der Waals surface area contributed by atoms with Gasteiger partial charge in [0, 0.05) is 21.8 Å². The number of nitrogens with zero attached hydrogens (tertiary/aromatic N) is 1. The Kier molecular flexibility index (Phi) is 6.72. The summed E-state index contributed by atoms with van der Waals surface area (Å²) in [5.41, 5.74) is 4.49. The highest BCUT2D eigenvalue weighted by molar-refractivity contribution is 6.31. The molecule has 0 aliphatic rings. The molecule has 0 aliphatic carbocycles. The van der Waals surface area contributed by atoms with Crippen LogP contribution in [0.4, 0.5) is 0 Å². The van der Waals surface area contributed by atoms with Crippen LogP contribution >= 0.6 is 11.6 Å². The molecule has 1 N–H and O–H groups in total. The third kappa shape index (κ3) is 4.76. The topological polar surface area (TPSA) is 75.1 Å². The average Bonchev–Trinajstić information content (AvgIpc) is 2.73. The summed E-state index contributed by atoms with van der Waals surface area (Å²) in [6.07, 6.45) is 0. The standard InChI is InChI=1S/C25H25ClN2O3/c1-14(2)19-11-22(26)15(3)8-24(19)31-13-18-10-17(6-7-23(18)30-5)20-9-16(4)28-25(29)21(20)12-27/h6-11,14H,13H2,1-5H3,(H,28,29). The minimum absolute atomic E-state index is 0.0815. The molecule has 0 atom stereocenters. The Bertz CT molecular complexity index is 1220. The third-order valence-electron chi connectivity index (χ3n) is 5.17. The Morgan fingerprint density at radius 1 is 1.13 bits per heavy atom. The molecule has 2 aromatic carbocycles. The Morgan fingerprint density at radius 3 is 2.52 bits per heavy atom. The van der Waals surface area contributed by atoms with Crippen molar-refractivity contribution in [2.45, 2.75) is 40.2 Å². The average molecular weight is 437 g/mol. The van der Waals surface area contributed by atoms with Crippen LogP contribution in [0.3, 0.4) is 0 Å². The van der Waals surface area contributed by atoms with Crippen molar-refractivity contribution >= 4 is 11.6 Å². The quantitative estimate of drug-likeness (QED) is 0.522. The van der Waals surface area contributed by atoms with E-state index in [0.717, 1.165) is 28.0 Å². The molecule has 0 amide bonds. The van der Waals surface area contributed by atoms with Gasteiger partial charge in [-0.3, -0.25) is 4.79 Å². The van der Waals surface area contributed by atoms with Gasteiger partial charge in [0.05, 0.1) is 7.11 Å². The molecule has 0 unspecified atom stereocenters. The molecule has 1 heterocycles. The molecule has 0 spiro atoms. The number of benzene rings is 2. The minimum Gasteiger partial charge on any atom is -0.496 e. The number of aryl methyl sites for hydroxylation is 2. The zero-order valence-electron chi connectivity index (χ0n) is 18.3. The van der Waals surface area contributed by atoms with Gasteiger partial charge in [-0.2, -0.15) is 5.26 Å². The Morgan fingerprint density at radius 2 is 1.87 bits per heavy atom. The van der Waals surface area contributed by atoms with Crippen molar-refractivity contribution in [2.75, 3.05) is 7.11 Å². The van der Waals surface area contributed by atoms with Crippen LogP contribution in [0.15, 0.2) is 41.2 Å². The summed E-state index contributed by atoms with van der Waals surface area (Å²) in [5.74, 6) is 1.69. The highest BCUT2D eigenvalue weighted by Gasteiger charge is 2.15. The maximum Gasteiger partial charge on any atom is 0.266 e. The van der Waals surface area contributed by atoms with Crippen LogP contribution < -0.4 is 15.0 Å². The van der Waals surface area contributed by atoms with Crippen molar-refractivity contribution in [3.8, 4) is 28.7 Å². The molecule has 0 fully saturated rings. The lowest BCUT2D eigenvalue weighted by atomic mass is 9.98. The Labute approximate surface area is 187 Å². The normalized spacial score (nSPS) is 10.8. The fourth-order valence-corrected chi connectivity index (χ4v) is 3.66. The van der Waals surface area contributed by atoms with Crippen LogP contribution in [0.5, 0.6) is 11.5 Å². The molecule has 5 nitrogen and oxygen atoms in total. The van der Waals surface area contributed by atoms with Crippen molar-refractivity contribution in [3.05, 3.63) is 79.7 Å². The lowest BCUT2D eigenvalue weighted by Gasteiger charge is -2.17. The highest BCUT2D eigenvalue weighted by Crippen LogP contribution is 2.34. The van der Waals surface area contributed by atoms with Gasteiger partial charge in [-0.15, -0.1) is 0 Å². The molecule has 0 aliphatic heterocycles. The first kappa shape index (κ1) is 22.5. The lowest BCUT2D eigenvalue weighted by molar-refractivity contribution is 0.292. The van der Waals surface area contributed by atoms with Crippen LogP contribution in [0, 0.1) is 25.2 Å². The van der Waals surface area contributed by atoms with Gasteiger partial charge in [-0.25, -0.2) is 0 Å². The predicted octanol–water partition coefficient (Wildman–Crippen LogP) is 5.89. The number of halogens is 1. The van der Waals surface area contributed by atoms with Crippen molar-refractivity contribution in [1.29, 1.82) is 5.26 Å². The number of pyridine rings is 1. The van der Waals surface area contributed by atoms with E-state index < -0.39 is 5.56 Å². The van der Waals surface area contributed by atoms with E-state index in [-0.39, 0.29) is 18.1 Å². The molecule has 1 aromatic heterocycles. The number of hydrogen-bond acceptors (Lipinski definition) is 4. The SMILES string of the molecule is COc1ccc(-c2cc(C)[nH]c(=O)c2C#N)cc1COc1cc(C)c(Cl)cc1C(C)C. The zero-order valence-corrected chi connectivity index (χ0v) is 19.1. The second kappa shape index (κ2) is 9.28. The van der Waals surface area contributed by atoms with E-state index in [0.29, 0.717) is 22.0 Å². The molecular weight excluding hydrogens is 412 g/mol. The van der Waals surface area contributed by atoms with E-state index in [2.05, 4.69) is 18.8 Å². The van der Waals surface area contributed by atoms with Crippen molar-refractivity contribution < 1.29 is 9.47 Å². The molecule has 160 valence electrons. The maximum atomic E-state index is 12.2. The van der Waals surface area contributed by atoms with Gasteiger partial charge in [-0.05, 0) is 66.8 Å². The van der Waals surface area contributed by atoms with Crippen molar-refractivity contribution in [1.82, 2.24) is 4.98 Å². The fourth-order valence-electron chi connectivity index (χ4n) is 3.49. The number of ether oxygens (including phenoxy) is 2. The monoisotopic (exact) mass is 436 g/mol. The summed E-state index contributed by atoms with van der Waals surface area (Å²) >= 11 is 6.31. The Balaban J connectivity index is 2.02. The van der Waals surface area contributed by atoms with E-state index in [1.165, 1.54) is 0 Å². The minimum atomic E-state index is -0.399. The van der Waals surface area contributed by atoms with E-state index in [9.17, 15) is 10.1 Å². The van der Waals surface area contributed by atoms with E-state index >= 15 is 0 Å². The van der Waals surface area contributed by atoms with E-state index in [4.69, 9.17) is 21.1 Å². The van der Waals surface area contributed by atoms with E-state index in [1.807, 2.05) is 43.3 Å². The molecule has 0 radical (unpaired) electrons. The highest BCUT2D eigenvalue weighted by atomic mass is 35.5. The number of H-pyrrole nitrogens is 1. The number of rotatable bonds is 6. The molecule has 0 saturated carbocycles. The third-order valence-corrected chi connectivity index (χ3v) is 5.57. The first-order chi connectivity index (χ1) is 14.7. The molecule has 0 saturated heterocycles. The summed E-state index contributed by atoms with van der Waals surface area (Å²) in [6, 6.07) is 13.3. The first-order valence-corrected chi connectivity index (χ1v) is 10.4. The number of hydrogen-bond donors (Lipinski definition) is 1. The molecule has 3 rings (SSSR count). The molecular formula is C25H25ClN2O3. The fraction of sp³-hybridized carbons (Fsp3) is 0.280. The summed E-state index contributed by atoms with van der Waals surface area (Å²) in [7, 11) is 1.60. The van der Waals surface area contributed by atoms with Gasteiger partial charge >= 0.3 is 0 Å². The van der Waals surface area contributed by atoms with Crippen LogP contribution in [-0.4, -0.2) is 12.1 Å². The van der Waals surface area contributed by atoms with Crippen molar-refractivity contribution in [2.24, 2.45) is 0 Å². The summed E-state index contributed by atoms with van der Waals surface area (Å²) in [6.45, 7) is 8.18. The van der Waals surface area contributed by atoms with Gasteiger partial charge in [-0.1, -0.05) is 31.5 Å². The van der Waals surface area contributed by atoms with Crippen LogP contribution in [0.2, 0.25) is 5.02 Å². The Hall–Kier alpha value is -3.23. The van der Waals surface area contributed by atoms with Gasteiger partial charge in [0.15, 0.2) is 0 Å². The number of aromatic nitrogens is 1. The molecule has 6 heteroatoms. The van der Waals surface area contributed by atoms with Crippen molar-refractivity contribution in [3.63, 3.8) is 0 Å². The predicted molar refractivity (Wildman–Crippen MR) is 123 cm³/mol. The summed E-state index contributed by atoms with van der Waals surface area (Å²) < 4.78 is 11.7. The van der Waals surface area contributed by atoms with Crippen LogP contribution in [0.1, 0.15) is 47.7 Å². The lowest BCUT2D eigenvalue weighted by Crippen LogP contribution is -2.12. The van der Waals surface area contributed by atoms with E-state index in [1.54, 1.807) is 20.1 Å². The van der Waals surface area contributed by atoms with Gasteiger partial charge < -0.3 is 14.5 Å². The second-order valence-electron chi connectivity index (χ2n) is 7.79. The maximum absolute atomic E-state index is 12.2. The van der Waals surface area contributed by atoms with Crippen LogP contribution in [0.25, 0.3) is 11.1 Å². The number of aromatic amines is 1. The smallest absolute Gasteiger partial charge is 0.266 e. The number of nitriles is 1. The summed E-state index contributed by atoms with van der Waals surface area (Å²) in [5, 5.41) is 10.2. The molecule has 3 aromatic rings. The number of methoxy groups -OCH3 is 1. The second-order valence-corrected chi connectivity index (χ2v) is 8.20. The van der Waals surface area contributed by atoms with Gasteiger partial charge in [0.1, 0.15) is 29.7 Å². The molecule has 31 heavy (non-hydrogen) atoms. The van der Waals surface area contributed by atoms with Crippen LogP contribution in [-0.2, 0) is 6.61 Å². The van der Waals surface area contributed by atoms with Gasteiger partial charge in [0.25, 0.3) is 5.56 Å². The number of nitrogens with one attached hydrogen (secondary N) is 1. The van der Waals surface area contributed by atoms with Gasteiger partial charge in [0.2, 0.25) is 0 Å². The zero-order chi connectivity index (χ0) is 22.7. The first-order valence-electron chi connectivity index (χ1n) is 9.99.